The maximum atomic E-state index is 13.4. The fourth-order valence-electron chi connectivity index (χ4n) is 4.18. The molecule has 1 atom stereocenters. The van der Waals surface area contributed by atoms with Crippen LogP contribution in [-0.4, -0.2) is 25.0 Å². The molecule has 0 radical (unpaired) electrons. The monoisotopic (exact) mass is 428 g/mol. The Kier molecular flexibility index (Phi) is 6.66. The van der Waals surface area contributed by atoms with E-state index in [1.807, 2.05) is 67.6 Å². The van der Waals surface area contributed by atoms with E-state index in [-0.39, 0.29) is 17.9 Å². The summed E-state index contributed by atoms with van der Waals surface area (Å²) in [6, 6.07) is 26.7. The highest BCUT2D eigenvalue weighted by Crippen LogP contribution is 2.36. The Morgan fingerprint density at radius 2 is 1.44 bits per heavy atom. The molecular formula is C27H28N2O3. The Hall–Kier alpha value is -3.44. The zero-order chi connectivity index (χ0) is 22.4. The number of carbonyl (C=O) groups excluding carboxylic acids is 2. The molecule has 0 aromatic heterocycles. The van der Waals surface area contributed by atoms with Gasteiger partial charge in [-0.25, -0.2) is 0 Å². The topological polar surface area (TPSA) is 67.4 Å². The van der Waals surface area contributed by atoms with E-state index in [1.165, 1.54) is 0 Å². The van der Waals surface area contributed by atoms with Crippen molar-refractivity contribution in [3.8, 4) is 0 Å². The summed E-state index contributed by atoms with van der Waals surface area (Å²) in [7, 11) is 0. The molecule has 0 bridgehead atoms. The Bertz CT molecular complexity index is 1040. The van der Waals surface area contributed by atoms with Gasteiger partial charge in [-0.3, -0.25) is 9.59 Å². The van der Waals surface area contributed by atoms with E-state index in [0.29, 0.717) is 37.3 Å². The number of anilines is 1. The molecule has 5 heteroatoms. The van der Waals surface area contributed by atoms with Crippen LogP contribution < -0.4 is 10.6 Å². The summed E-state index contributed by atoms with van der Waals surface area (Å²) >= 11 is 0. The lowest BCUT2D eigenvalue weighted by Gasteiger charge is -2.36. The molecule has 2 amide bonds. The molecule has 4 rings (SSSR count). The first-order chi connectivity index (χ1) is 15.6. The van der Waals surface area contributed by atoms with Crippen LogP contribution in [0.2, 0.25) is 0 Å². The van der Waals surface area contributed by atoms with Crippen molar-refractivity contribution in [3.63, 3.8) is 0 Å². The van der Waals surface area contributed by atoms with Crippen LogP contribution >= 0.6 is 0 Å². The van der Waals surface area contributed by atoms with Gasteiger partial charge in [-0.05, 0) is 55.2 Å². The average Bonchev–Trinajstić information content (AvgIpc) is 2.86. The highest BCUT2D eigenvalue weighted by Gasteiger charge is 2.41. The van der Waals surface area contributed by atoms with E-state index >= 15 is 0 Å². The molecule has 1 aliphatic heterocycles. The van der Waals surface area contributed by atoms with Crippen molar-refractivity contribution in [1.29, 1.82) is 0 Å². The Morgan fingerprint density at radius 1 is 0.844 bits per heavy atom. The van der Waals surface area contributed by atoms with E-state index in [4.69, 9.17) is 4.74 Å². The SMILES string of the molecule is C[C@@H](NC(=O)c1ccc(NC(=O)C2(c3ccccc3)CCOCC2)cc1)c1ccccc1. The van der Waals surface area contributed by atoms with Crippen molar-refractivity contribution in [2.45, 2.75) is 31.2 Å². The second-order valence-corrected chi connectivity index (χ2v) is 8.20. The number of benzene rings is 3. The van der Waals surface area contributed by atoms with Crippen LogP contribution in [0.25, 0.3) is 0 Å². The van der Waals surface area contributed by atoms with Crippen LogP contribution in [0.1, 0.15) is 47.3 Å². The van der Waals surface area contributed by atoms with Crippen molar-refractivity contribution in [3.05, 3.63) is 102 Å². The predicted molar refractivity (Wildman–Crippen MR) is 126 cm³/mol. The lowest BCUT2D eigenvalue weighted by molar-refractivity contribution is -0.125. The maximum Gasteiger partial charge on any atom is 0.251 e. The molecule has 0 unspecified atom stereocenters. The van der Waals surface area contributed by atoms with Gasteiger partial charge in [0.25, 0.3) is 5.91 Å². The van der Waals surface area contributed by atoms with E-state index in [1.54, 1.807) is 24.3 Å². The van der Waals surface area contributed by atoms with E-state index in [2.05, 4.69) is 10.6 Å². The molecule has 1 heterocycles. The first kappa shape index (κ1) is 21.8. The van der Waals surface area contributed by atoms with Crippen LogP contribution in [0.5, 0.6) is 0 Å². The van der Waals surface area contributed by atoms with E-state index < -0.39 is 5.41 Å². The number of hydrogen-bond acceptors (Lipinski definition) is 3. The van der Waals surface area contributed by atoms with Gasteiger partial charge < -0.3 is 15.4 Å². The van der Waals surface area contributed by atoms with Gasteiger partial charge in [-0.1, -0.05) is 60.7 Å². The summed E-state index contributed by atoms with van der Waals surface area (Å²) in [5, 5.41) is 6.07. The maximum absolute atomic E-state index is 13.4. The fourth-order valence-corrected chi connectivity index (χ4v) is 4.18. The fraction of sp³-hybridized carbons (Fsp3) is 0.259. The number of rotatable bonds is 6. The summed E-state index contributed by atoms with van der Waals surface area (Å²) in [5.74, 6) is -0.189. The van der Waals surface area contributed by atoms with Crippen molar-refractivity contribution in [2.75, 3.05) is 18.5 Å². The zero-order valence-electron chi connectivity index (χ0n) is 18.2. The first-order valence-electron chi connectivity index (χ1n) is 11.0. The predicted octanol–water partition coefficient (Wildman–Crippen LogP) is 4.86. The van der Waals surface area contributed by atoms with Gasteiger partial charge in [-0.2, -0.15) is 0 Å². The number of amides is 2. The molecule has 3 aromatic rings. The van der Waals surface area contributed by atoms with Gasteiger partial charge >= 0.3 is 0 Å². The second kappa shape index (κ2) is 9.79. The van der Waals surface area contributed by atoms with Crippen LogP contribution in [0.4, 0.5) is 5.69 Å². The lowest BCUT2D eigenvalue weighted by atomic mass is 9.73. The van der Waals surface area contributed by atoms with E-state index in [0.717, 1.165) is 11.1 Å². The first-order valence-corrected chi connectivity index (χ1v) is 11.0. The number of hydrogen-bond donors (Lipinski definition) is 2. The van der Waals surface area contributed by atoms with Crippen LogP contribution in [-0.2, 0) is 14.9 Å². The van der Waals surface area contributed by atoms with Crippen LogP contribution in [0, 0.1) is 0 Å². The highest BCUT2D eigenvalue weighted by atomic mass is 16.5. The van der Waals surface area contributed by atoms with Crippen LogP contribution in [0.3, 0.4) is 0 Å². The van der Waals surface area contributed by atoms with Gasteiger partial charge in [0.15, 0.2) is 0 Å². The van der Waals surface area contributed by atoms with Gasteiger partial charge in [0, 0.05) is 24.5 Å². The van der Waals surface area contributed by atoms with E-state index in [9.17, 15) is 9.59 Å². The minimum Gasteiger partial charge on any atom is -0.381 e. The largest absolute Gasteiger partial charge is 0.381 e. The molecule has 0 saturated carbocycles. The molecule has 0 spiro atoms. The standard InChI is InChI=1S/C27H28N2O3/c1-20(21-8-4-2-5-9-21)28-25(30)22-12-14-24(15-13-22)29-26(31)27(16-18-32-19-17-27)23-10-6-3-7-11-23/h2-15,20H,16-19H2,1H3,(H,28,30)(H,29,31)/t20-/m1/s1. The van der Waals surface area contributed by atoms with Crippen molar-refractivity contribution in [2.24, 2.45) is 0 Å². The third kappa shape index (κ3) is 4.73. The third-order valence-electron chi connectivity index (χ3n) is 6.16. The summed E-state index contributed by atoms with van der Waals surface area (Å²) < 4.78 is 5.53. The Morgan fingerprint density at radius 3 is 2.06 bits per heavy atom. The second-order valence-electron chi connectivity index (χ2n) is 8.20. The van der Waals surface area contributed by atoms with Gasteiger partial charge in [-0.15, -0.1) is 0 Å². The molecule has 32 heavy (non-hydrogen) atoms. The molecule has 1 fully saturated rings. The van der Waals surface area contributed by atoms with Crippen molar-refractivity contribution < 1.29 is 14.3 Å². The molecule has 5 nitrogen and oxygen atoms in total. The molecule has 0 aliphatic carbocycles. The summed E-state index contributed by atoms with van der Waals surface area (Å²) in [6.45, 7) is 3.07. The summed E-state index contributed by atoms with van der Waals surface area (Å²) in [6.07, 6.45) is 1.28. The van der Waals surface area contributed by atoms with Gasteiger partial charge in [0.05, 0.1) is 11.5 Å². The molecule has 2 N–H and O–H groups in total. The molecule has 3 aromatic carbocycles. The van der Waals surface area contributed by atoms with Crippen molar-refractivity contribution in [1.82, 2.24) is 5.32 Å². The Labute approximate surface area is 188 Å². The summed E-state index contributed by atoms with van der Waals surface area (Å²) in [4.78, 5) is 26.0. The van der Waals surface area contributed by atoms with Crippen LogP contribution in [0.15, 0.2) is 84.9 Å². The molecular weight excluding hydrogens is 400 g/mol. The Balaban J connectivity index is 1.44. The summed E-state index contributed by atoms with van der Waals surface area (Å²) in [5.41, 5.74) is 2.67. The molecule has 1 saturated heterocycles. The number of nitrogens with one attached hydrogen (secondary N) is 2. The molecule has 1 aliphatic rings. The highest BCUT2D eigenvalue weighted by molar-refractivity contribution is 6.00. The minimum atomic E-state index is -0.610. The van der Waals surface area contributed by atoms with Gasteiger partial charge in [0.2, 0.25) is 5.91 Å². The lowest BCUT2D eigenvalue weighted by Crippen LogP contribution is -2.44. The minimum absolute atomic E-state index is 0.0399. The number of ether oxygens (including phenoxy) is 1. The number of carbonyl (C=O) groups is 2. The quantitative estimate of drug-likeness (QED) is 0.589. The molecule has 164 valence electrons. The zero-order valence-corrected chi connectivity index (χ0v) is 18.2. The normalized spacial score (nSPS) is 16.0. The average molecular weight is 429 g/mol. The van der Waals surface area contributed by atoms with Crippen molar-refractivity contribution >= 4 is 17.5 Å². The third-order valence-corrected chi connectivity index (χ3v) is 6.16. The van der Waals surface area contributed by atoms with Gasteiger partial charge in [0.1, 0.15) is 0 Å². The smallest absolute Gasteiger partial charge is 0.251 e.